The highest BCUT2D eigenvalue weighted by Crippen LogP contribution is 2.35. The third-order valence-corrected chi connectivity index (χ3v) is 2.37. The molecular weight excluding hydrogens is 220 g/mol. The van der Waals surface area contributed by atoms with Crippen molar-refractivity contribution in [2.45, 2.75) is 0 Å². The van der Waals surface area contributed by atoms with Gasteiger partial charge >= 0.3 is 6.03 Å². The van der Waals surface area contributed by atoms with Crippen molar-refractivity contribution in [2.75, 3.05) is 16.0 Å². The summed E-state index contributed by atoms with van der Waals surface area (Å²) in [7, 11) is 0. The molecule has 0 aromatic carbocycles. The van der Waals surface area contributed by atoms with Gasteiger partial charge in [0.2, 0.25) is 12.8 Å². The van der Waals surface area contributed by atoms with Crippen LogP contribution in [0.4, 0.5) is 20.5 Å². The smallest absolute Gasteiger partial charge is 0.317 e. The molecule has 5 N–H and O–H groups in total. The van der Waals surface area contributed by atoms with Crippen molar-refractivity contribution >= 4 is 45.9 Å². The maximum Gasteiger partial charge on any atom is 0.317 e. The van der Waals surface area contributed by atoms with Crippen LogP contribution in [0, 0.1) is 0 Å². The minimum absolute atomic E-state index is 0.360. The van der Waals surface area contributed by atoms with Gasteiger partial charge in [0.25, 0.3) is 0 Å². The van der Waals surface area contributed by atoms with Crippen LogP contribution in [-0.2, 0) is 9.59 Å². The van der Waals surface area contributed by atoms with Gasteiger partial charge in [-0.15, -0.1) is 0 Å². The van der Waals surface area contributed by atoms with Crippen LogP contribution >= 0.6 is 11.3 Å². The largest absolute Gasteiger partial charge is 0.351 e. The molecule has 1 heterocycles. The van der Waals surface area contributed by atoms with E-state index in [2.05, 4.69) is 16.0 Å². The number of rotatable bonds is 5. The molecule has 0 radical (unpaired) electrons. The molecule has 0 saturated carbocycles. The number of amides is 4. The topological polar surface area (TPSA) is 113 Å². The van der Waals surface area contributed by atoms with E-state index in [4.69, 9.17) is 5.73 Å². The highest BCUT2D eigenvalue weighted by molar-refractivity contribution is 7.21. The lowest BCUT2D eigenvalue weighted by Crippen LogP contribution is -2.19. The number of nitrogens with two attached hydrogens (primary N) is 1. The second kappa shape index (κ2) is 4.96. The van der Waals surface area contributed by atoms with Gasteiger partial charge in [0.15, 0.2) is 0 Å². The van der Waals surface area contributed by atoms with Gasteiger partial charge in [0.05, 0.1) is 10.7 Å². The molecule has 15 heavy (non-hydrogen) atoms. The van der Waals surface area contributed by atoms with Gasteiger partial charge in [-0.05, 0) is 6.07 Å². The third kappa shape index (κ3) is 2.95. The van der Waals surface area contributed by atoms with Crippen molar-refractivity contribution in [3.63, 3.8) is 0 Å². The summed E-state index contributed by atoms with van der Waals surface area (Å²) in [5.41, 5.74) is 5.30. The van der Waals surface area contributed by atoms with Gasteiger partial charge in [0, 0.05) is 0 Å². The van der Waals surface area contributed by atoms with E-state index in [1.54, 1.807) is 0 Å². The Balaban J connectivity index is 2.93. The second-order valence-corrected chi connectivity index (χ2v) is 3.42. The zero-order chi connectivity index (χ0) is 11.3. The van der Waals surface area contributed by atoms with Crippen LogP contribution in [0.3, 0.4) is 0 Å². The van der Waals surface area contributed by atoms with Crippen molar-refractivity contribution in [1.29, 1.82) is 0 Å². The number of thiophene rings is 1. The van der Waals surface area contributed by atoms with Crippen molar-refractivity contribution in [2.24, 2.45) is 5.73 Å². The normalized spacial score (nSPS) is 9.07. The van der Waals surface area contributed by atoms with Crippen LogP contribution in [0.25, 0.3) is 0 Å². The van der Waals surface area contributed by atoms with E-state index in [0.29, 0.717) is 28.5 Å². The lowest BCUT2D eigenvalue weighted by atomic mass is 10.4. The number of anilines is 3. The monoisotopic (exact) mass is 228 g/mol. The zero-order valence-electron chi connectivity index (χ0n) is 7.44. The Morgan fingerprint density at radius 1 is 1.33 bits per heavy atom. The van der Waals surface area contributed by atoms with E-state index in [9.17, 15) is 14.4 Å². The number of primary amides is 1. The molecule has 0 aliphatic carbocycles. The second-order valence-electron chi connectivity index (χ2n) is 2.37. The minimum atomic E-state index is -0.747. The molecule has 1 aromatic heterocycles. The van der Waals surface area contributed by atoms with Crippen LogP contribution < -0.4 is 21.7 Å². The molecule has 0 aliphatic heterocycles. The number of carbonyl (C=O) groups excluding carboxylic acids is 3. The van der Waals surface area contributed by atoms with Crippen LogP contribution in [0.15, 0.2) is 6.07 Å². The Hall–Kier alpha value is -2.09. The summed E-state index contributed by atoms with van der Waals surface area (Å²) in [6, 6.07) is 0.752. The molecule has 1 aromatic rings. The van der Waals surface area contributed by atoms with Crippen molar-refractivity contribution in [3.05, 3.63) is 6.07 Å². The van der Waals surface area contributed by atoms with Crippen LogP contribution in [0.5, 0.6) is 0 Å². The summed E-state index contributed by atoms with van der Waals surface area (Å²) < 4.78 is 0. The molecule has 1 rings (SSSR count). The molecule has 0 fully saturated rings. The minimum Gasteiger partial charge on any atom is -0.351 e. The number of hydrogen-bond donors (Lipinski definition) is 4. The first kappa shape index (κ1) is 11.0. The van der Waals surface area contributed by atoms with Crippen molar-refractivity contribution in [1.82, 2.24) is 0 Å². The van der Waals surface area contributed by atoms with E-state index >= 15 is 0 Å². The maximum atomic E-state index is 10.6. The highest BCUT2D eigenvalue weighted by Gasteiger charge is 2.09. The summed E-state index contributed by atoms with van der Waals surface area (Å²) in [4.78, 5) is 31.0. The molecule has 0 unspecified atom stereocenters. The molecule has 0 spiro atoms. The van der Waals surface area contributed by atoms with Crippen LogP contribution in [0.1, 0.15) is 0 Å². The first-order valence-electron chi connectivity index (χ1n) is 3.78. The van der Waals surface area contributed by atoms with Crippen molar-refractivity contribution in [3.8, 4) is 0 Å². The Labute approximate surface area is 88.6 Å². The summed E-state index contributed by atoms with van der Waals surface area (Å²) >= 11 is 1.08. The quantitative estimate of drug-likeness (QED) is 0.546. The summed E-state index contributed by atoms with van der Waals surface area (Å²) in [5.74, 6) is 0. The summed E-state index contributed by atoms with van der Waals surface area (Å²) in [6.07, 6.45) is 0.948. The molecule has 0 bridgehead atoms. The van der Waals surface area contributed by atoms with Crippen LogP contribution in [-0.4, -0.2) is 18.9 Å². The first-order chi connectivity index (χ1) is 7.17. The predicted octanol–water partition coefficient (Wildman–Crippen LogP) is 0.375. The fourth-order valence-electron chi connectivity index (χ4n) is 0.896. The zero-order valence-corrected chi connectivity index (χ0v) is 8.26. The average Bonchev–Trinajstić information content (AvgIpc) is 2.48. The maximum absolute atomic E-state index is 10.6. The fraction of sp³-hybridized carbons (Fsp3) is 0. The standard InChI is InChI=1S/C7H8N4O3S/c8-7(14)11-6-4(9-2-12)1-5(15-6)10-3-13/h1-3H,(H,9,12)(H,10,13)(H3,8,11,14). The summed E-state index contributed by atoms with van der Waals surface area (Å²) in [6.45, 7) is 0. The first-order valence-corrected chi connectivity index (χ1v) is 4.59. The van der Waals surface area contributed by atoms with E-state index in [0.717, 1.165) is 11.3 Å². The lowest BCUT2D eigenvalue weighted by Gasteiger charge is -2.00. The average molecular weight is 228 g/mol. The highest BCUT2D eigenvalue weighted by atomic mass is 32.1. The SMILES string of the molecule is NC(=O)Nc1sc(NC=O)cc1NC=O. The molecule has 80 valence electrons. The lowest BCUT2D eigenvalue weighted by molar-refractivity contribution is -0.106. The molecule has 8 heteroatoms. The number of hydrogen-bond acceptors (Lipinski definition) is 4. The van der Waals surface area contributed by atoms with E-state index in [-0.39, 0.29) is 0 Å². The molecular formula is C7H8N4O3S. The molecule has 4 amide bonds. The van der Waals surface area contributed by atoms with Gasteiger partial charge < -0.3 is 16.4 Å². The van der Waals surface area contributed by atoms with Gasteiger partial charge in [-0.1, -0.05) is 11.3 Å². The van der Waals surface area contributed by atoms with Gasteiger partial charge in [-0.3, -0.25) is 14.9 Å². The summed E-state index contributed by atoms with van der Waals surface area (Å²) in [5, 5.41) is 7.92. The van der Waals surface area contributed by atoms with Crippen molar-refractivity contribution < 1.29 is 14.4 Å². The fourth-order valence-corrected chi connectivity index (χ4v) is 1.78. The Morgan fingerprint density at radius 2 is 2.00 bits per heavy atom. The number of nitrogens with one attached hydrogen (secondary N) is 3. The number of urea groups is 1. The van der Waals surface area contributed by atoms with Crippen LogP contribution in [0.2, 0.25) is 0 Å². The Morgan fingerprint density at radius 3 is 2.53 bits per heavy atom. The van der Waals surface area contributed by atoms with E-state index in [1.807, 2.05) is 0 Å². The van der Waals surface area contributed by atoms with E-state index in [1.165, 1.54) is 6.07 Å². The number of carbonyl (C=O) groups is 3. The molecule has 0 saturated heterocycles. The van der Waals surface area contributed by atoms with Gasteiger partial charge in [0.1, 0.15) is 5.00 Å². The van der Waals surface area contributed by atoms with Gasteiger partial charge in [-0.25, -0.2) is 4.79 Å². The third-order valence-electron chi connectivity index (χ3n) is 1.38. The molecule has 0 atom stereocenters. The molecule has 7 nitrogen and oxygen atoms in total. The Kier molecular flexibility index (Phi) is 3.63. The predicted molar refractivity (Wildman–Crippen MR) is 56.9 cm³/mol. The molecule has 0 aliphatic rings. The van der Waals surface area contributed by atoms with Gasteiger partial charge in [-0.2, -0.15) is 0 Å². The Bertz CT molecular complexity index is 390. The van der Waals surface area contributed by atoms with E-state index < -0.39 is 6.03 Å².